The van der Waals surface area contributed by atoms with Crippen LogP contribution in [0.1, 0.15) is 17.5 Å². The summed E-state index contributed by atoms with van der Waals surface area (Å²) in [4.78, 5) is -0.00481. The second kappa shape index (κ2) is 6.40. The molecule has 1 fully saturated rings. The molecule has 4 rings (SSSR count). The molecule has 0 unspecified atom stereocenters. The Hall–Kier alpha value is -1.96. The highest BCUT2D eigenvalue weighted by molar-refractivity contribution is 7.89. The number of halogens is 1. The van der Waals surface area contributed by atoms with Crippen molar-refractivity contribution in [3.8, 4) is 0 Å². The van der Waals surface area contributed by atoms with Crippen molar-refractivity contribution in [2.45, 2.75) is 30.4 Å². The second-order valence-electron chi connectivity index (χ2n) is 6.51. The number of sulfonamides is 1. The van der Waals surface area contributed by atoms with Crippen LogP contribution in [0.3, 0.4) is 0 Å². The van der Waals surface area contributed by atoms with E-state index in [1.165, 1.54) is 22.5 Å². The third kappa shape index (κ3) is 3.15. The molecule has 1 atom stereocenters. The molecule has 5 nitrogen and oxygen atoms in total. The SMILES string of the molecule is O=S(=O)(c1cccc(F)c1)N1Cc2cccc(N[C@H]3CCNC3)c2C1. The summed E-state index contributed by atoms with van der Waals surface area (Å²) in [6.07, 6.45) is 1.05. The molecule has 2 aliphatic rings. The van der Waals surface area contributed by atoms with Crippen LogP contribution >= 0.6 is 0 Å². The Balaban J connectivity index is 1.60. The van der Waals surface area contributed by atoms with E-state index in [1.807, 2.05) is 18.2 Å². The van der Waals surface area contributed by atoms with Gasteiger partial charge in [0.25, 0.3) is 0 Å². The highest BCUT2D eigenvalue weighted by atomic mass is 32.2. The topological polar surface area (TPSA) is 61.4 Å². The van der Waals surface area contributed by atoms with Crippen LogP contribution < -0.4 is 10.6 Å². The Morgan fingerprint density at radius 3 is 2.76 bits per heavy atom. The van der Waals surface area contributed by atoms with Crippen molar-refractivity contribution >= 4 is 15.7 Å². The molecule has 132 valence electrons. The average Bonchev–Trinajstić information content (AvgIpc) is 3.25. The standard InChI is InChI=1S/C18H20FN3O2S/c19-14-4-2-5-16(9-14)25(23,24)22-11-13-3-1-6-18(17(13)12-22)21-15-7-8-20-10-15/h1-6,9,15,20-21H,7-8,10-12H2/t15-/m0/s1. The summed E-state index contributed by atoms with van der Waals surface area (Å²) in [6, 6.07) is 11.4. The molecule has 1 saturated heterocycles. The van der Waals surface area contributed by atoms with Gasteiger partial charge in [-0.1, -0.05) is 18.2 Å². The Labute approximate surface area is 146 Å². The first kappa shape index (κ1) is 16.5. The predicted octanol–water partition coefficient (Wildman–Crippen LogP) is 2.30. The van der Waals surface area contributed by atoms with Gasteiger partial charge < -0.3 is 10.6 Å². The molecule has 0 bridgehead atoms. The maximum Gasteiger partial charge on any atom is 0.243 e. The van der Waals surface area contributed by atoms with Crippen LogP contribution in [-0.4, -0.2) is 31.9 Å². The zero-order valence-electron chi connectivity index (χ0n) is 13.7. The highest BCUT2D eigenvalue weighted by Gasteiger charge is 2.32. The van der Waals surface area contributed by atoms with Crippen LogP contribution in [0.15, 0.2) is 47.4 Å². The summed E-state index contributed by atoms with van der Waals surface area (Å²) in [5, 5.41) is 6.83. The monoisotopic (exact) mass is 361 g/mol. The van der Waals surface area contributed by atoms with Crippen molar-refractivity contribution in [2.24, 2.45) is 0 Å². The highest BCUT2D eigenvalue weighted by Crippen LogP contribution is 2.33. The van der Waals surface area contributed by atoms with Crippen LogP contribution in [0.25, 0.3) is 0 Å². The van der Waals surface area contributed by atoms with E-state index in [0.717, 1.165) is 42.4 Å². The summed E-state index contributed by atoms with van der Waals surface area (Å²) in [5.74, 6) is -0.547. The lowest BCUT2D eigenvalue weighted by molar-refractivity contribution is 0.431. The number of nitrogens with one attached hydrogen (secondary N) is 2. The molecule has 2 aliphatic heterocycles. The average molecular weight is 361 g/mol. The van der Waals surface area contributed by atoms with Crippen molar-refractivity contribution in [1.82, 2.24) is 9.62 Å². The maximum absolute atomic E-state index is 13.4. The number of hydrogen-bond acceptors (Lipinski definition) is 4. The van der Waals surface area contributed by atoms with E-state index < -0.39 is 15.8 Å². The molecule has 0 saturated carbocycles. The summed E-state index contributed by atoms with van der Waals surface area (Å²) in [7, 11) is -3.72. The number of rotatable bonds is 4. The lowest BCUT2D eigenvalue weighted by Crippen LogP contribution is -2.26. The van der Waals surface area contributed by atoms with E-state index in [0.29, 0.717) is 19.1 Å². The fourth-order valence-electron chi connectivity index (χ4n) is 3.47. The first-order valence-electron chi connectivity index (χ1n) is 8.38. The normalized spacial score (nSPS) is 20.6. The van der Waals surface area contributed by atoms with E-state index >= 15 is 0 Å². The van der Waals surface area contributed by atoms with Gasteiger partial charge in [0, 0.05) is 31.4 Å². The van der Waals surface area contributed by atoms with Gasteiger partial charge in [-0.05, 0) is 48.4 Å². The van der Waals surface area contributed by atoms with Gasteiger partial charge in [0.1, 0.15) is 5.82 Å². The third-order valence-corrected chi connectivity index (χ3v) is 6.60. The van der Waals surface area contributed by atoms with Gasteiger partial charge in [0.15, 0.2) is 0 Å². The fourth-order valence-corrected chi connectivity index (χ4v) is 4.89. The number of hydrogen-bond donors (Lipinski definition) is 2. The van der Waals surface area contributed by atoms with Crippen molar-refractivity contribution in [3.05, 3.63) is 59.4 Å². The Morgan fingerprint density at radius 2 is 2.00 bits per heavy atom. The molecule has 0 aliphatic carbocycles. The number of nitrogens with zero attached hydrogens (tertiary/aromatic N) is 1. The van der Waals surface area contributed by atoms with Crippen molar-refractivity contribution in [2.75, 3.05) is 18.4 Å². The van der Waals surface area contributed by atoms with Gasteiger partial charge >= 0.3 is 0 Å². The van der Waals surface area contributed by atoms with E-state index in [1.54, 1.807) is 0 Å². The zero-order valence-corrected chi connectivity index (χ0v) is 14.5. The maximum atomic E-state index is 13.4. The molecule has 0 amide bonds. The molecule has 7 heteroatoms. The molecule has 2 heterocycles. The Bertz CT molecular complexity index is 895. The van der Waals surface area contributed by atoms with E-state index in [9.17, 15) is 12.8 Å². The smallest absolute Gasteiger partial charge is 0.243 e. The van der Waals surface area contributed by atoms with E-state index in [2.05, 4.69) is 10.6 Å². The van der Waals surface area contributed by atoms with E-state index in [-0.39, 0.29) is 4.90 Å². The molecule has 0 spiro atoms. The minimum absolute atomic E-state index is 0.00481. The van der Waals surface area contributed by atoms with Gasteiger partial charge in [-0.15, -0.1) is 0 Å². The van der Waals surface area contributed by atoms with Gasteiger partial charge in [0.05, 0.1) is 4.90 Å². The molecule has 2 aromatic carbocycles. The zero-order chi connectivity index (χ0) is 17.4. The largest absolute Gasteiger partial charge is 0.381 e. The molecular weight excluding hydrogens is 341 g/mol. The molecular formula is C18H20FN3O2S. The quantitative estimate of drug-likeness (QED) is 0.877. The lowest BCUT2D eigenvalue weighted by Gasteiger charge is -2.17. The molecule has 25 heavy (non-hydrogen) atoms. The minimum atomic E-state index is -3.72. The van der Waals surface area contributed by atoms with E-state index in [4.69, 9.17) is 0 Å². The first-order valence-corrected chi connectivity index (χ1v) is 9.82. The van der Waals surface area contributed by atoms with Gasteiger partial charge in [-0.2, -0.15) is 4.31 Å². The summed E-state index contributed by atoms with van der Waals surface area (Å²) < 4.78 is 40.5. The van der Waals surface area contributed by atoms with Gasteiger partial charge in [-0.3, -0.25) is 0 Å². The predicted molar refractivity (Wildman–Crippen MR) is 94.2 cm³/mol. The van der Waals surface area contributed by atoms with Crippen molar-refractivity contribution in [1.29, 1.82) is 0 Å². The van der Waals surface area contributed by atoms with Crippen molar-refractivity contribution < 1.29 is 12.8 Å². The van der Waals surface area contributed by atoms with Crippen LogP contribution in [0.2, 0.25) is 0 Å². The van der Waals surface area contributed by atoms with Gasteiger partial charge in [-0.25, -0.2) is 12.8 Å². The van der Waals surface area contributed by atoms with Gasteiger partial charge in [0.2, 0.25) is 10.0 Å². The second-order valence-corrected chi connectivity index (χ2v) is 8.45. The van der Waals surface area contributed by atoms with Crippen LogP contribution in [0, 0.1) is 5.82 Å². The lowest BCUT2D eigenvalue weighted by atomic mass is 10.1. The molecule has 2 N–H and O–H groups in total. The number of benzene rings is 2. The van der Waals surface area contributed by atoms with Crippen LogP contribution in [0.4, 0.5) is 10.1 Å². The third-order valence-electron chi connectivity index (χ3n) is 4.81. The minimum Gasteiger partial charge on any atom is -0.381 e. The Morgan fingerprint density at radius 1 is 1.16 bits per heavy atom. The first-order chi connectivity index (χ1) is 12.0. The summed E-state index contributed by atoms with van der Waals surface area (Å²) >= 11 is 0. The van der Waals surface area contributed by atoms with Crippen LogP contribution in [-0.2, 0) is 23.1 Å². The Kier molecular flexibility index (Phi) is 4.23. The van der Waals surface area contributed by atoms with Crippen molar-refractivity contribution in [3.63, 3.8) is 0 Å². The summed E-state index contributed by atoms with van der Waals surface area (Å²) in [6.45, 7) is 2.52. The van der Waals surface area contributed by atoms with Crippen LogP contribution in [0.5, 0.6) is 0 Å². The number of anilines is 1. The summed E-state index contributed by atoms with van der Waals surface area (Å²) in [5.41, 5.74) is 2.99. The molecule has 0 aromatic heterocycles. The number of fused-ring (bicyclic) bond motifs is 1. The fraction of sp³-hybridized carbons (Fsp3) is 0.333. The molecule has 2 aromatic rings. The molecule has 0 radical (unpaired) electrons.